The number of carbonyl (C=O) groups excluding carboxylic acids is 1. The predicted octanol–water partition coefficient (Wildman–Crippen LogP) is 3.88. The first-order chi connectivity index (χ1) is 15.8. The fourth-order valence-electron chi connectivity index (χ4n) is 4.72. The van der Waals surface area contributed by atoms with Gasteiger partial charge >= 0.3 is 5.92 Å². The summed E-state index contributed by atoms with van der Waals surface area (Å²) in [5.41, 5.74) is -0.155. The number of nitrogens with one attached hydrogen (secondary N) is 1. The molecular weight excluding hydrogens is 479 g/mol. The maximum Gasteiger partial charge on any atom is 0.322 e. The SMILES string of the molecule is CCS(=O)(=O)N[C@H]1[C@@H]2C[C@@H]2N(C(=O)C(C)(F)F)[C@H]1Cc1cccc(-c2cc(F)cc(F)c2)c1F. The summed E-state index contributed by atoms with van der Waals surface area (Å²) in [5.74, 6) is -8.38. The second-order valence-electron chi connectivity index (χ2n) is 8.82. The molecule has 0 aromatic heterocycles. The Bertz CT molecular complexity index is 1210. The first-order valence-corrected chi connectivity index (χ1v) is 12.4. The van der Waals surface area contributed by atoms with Crippen LogP contribution in [-0.2, 0) is 21.2 Å². The van der Waals surface area contributed by atoms with Gasteiger partial charge < -0.3 is 4.90 Å². The van der Waals surface area contributed by atoms with E-state index in [1.807, 2.05) is 0 Å². The first kappa shape index (κ1) is 24.6. The molecule has 1 aliphatic heterocycles. The van der Waals surface area contributed by atoms with Crippen molar-refractivity contribution in [3.05, 3.63) is 59.4 Å². The highest BCUT2D eigenvalue weighted by atomic mass is 32.2. The van der Waals surface area contributed by atoms with Crippen LogP contribution in [0.4, 0.5) is 22.0 Å². The number of rotatable bonds is 7. The van der Waals surface area contributed by atoms with Gasteiger partial charge in [-0.1, -0.05) is 18.2 Å². The second kappa shape index (κ2) is 8.60. The van der Waals surface area contributed by atoms with Crippen molar-refractivity contribution < 1.29 is 35.2 Å². The molecular formula is C23H23F5N2O3S. The topological polar surface area (TPSA) is 66.5 Å². The van der Waals surface area contributed by atoms with Crippen LogP contribution in [-0.4, -0.2) is 49.0 Å². The molecule has 34 heavy (non-hydrogen) atoms. The van der Waals surface area contributed by atoms with Gasteiger partial charge in [-0.15, -0.1) is 0 Å². The van der Waals surface area contributed by atoms with Crippen molar-refractivity contribution in [2.45, 2.75) is 50.7 Å². The smallest absolute Gasteiger partial charge is 0.322 e. The molecule has 2 aromatic rings. The molecule has 2 aliphatic rings. The van der Waals surface area contributed by atoms with E-state index in [0.717, 1.165) is 17.0 Å². The van der Waals surface area contributed by atoms with Crippen molar-refractivity contribution >= 4 is 15.9 Å². The number of sulfonamides is 1. The summed E-state index contributed by atoms with van der Waals surface area (Å²) < 4.78 is 97.7. The lowest BCUT2D eigenvalue weighted by atomic mass is 9.94. The van der Waals surface area contributed by atoms with Gasteiger partial charge in [0.15, 0.2) is 0 Å². The number of nitrogens with zero attached hydrogens (tertiary/aromatic N) is 1. The average Bonchev–Trinajstić information content (AvgIpc) is 3.46. The van der Waals surface area contributed by atoms with Crippen molar-refractivity contribution in [1.29, 1.82) is 0 Å². The molecule has 184 valence electrons. The highest BCUT2D eigenvalue weighted by Gasteiger charge is 2.63. The molecule has 2 aromatic carbocycles. The van der Waals surface area contributed by atoms with E-state index < -0.39 is 57.4 Å². The third-order valence-corrected chi connectivity index (χ3v) is 7.77. The average molecular weight is 503 g/mol. The fraction of sp³-hybridized carbons (Fsp3) is 0.435. The highest BCUT2D eigenvalue weighted by Crippen LogP contribution is 2.50. The van der Waals surface area contributed by atoms with E-state index in [2.05, 4.69) is 4.72 Å². The molecule has 1 saturated carbocycles. The zero-order valence-electron chi connectivity index (χ0n) is 18.4. The molecule has 1 saturated heterocycles. The second-order valence-corrected chi connectivity index (χ2v) is 10.9. The Hall–Kier alpha value is -2.53. The number of amides is 1. The monoisotopic (exact) mass is 502 g/mol. The lowest BCUT2D eigenvalue weighted by Gasteiger charge is -2.33. The number of hydrogen-bond acceptors (Lipinski definition) is 3. The Balaban J connectivity index is 1.72. The van der Waals surface area contributed by atoms with Gasteiger partial charge in [-0.2, -0.15) is 8.78 Å². The molecule has 1 N–H and O–H groups in total. The number of carbonyl (C=O) groups is 1. The van der Waals surface area contributed by atoms with Gasteiger partial charge in [0, 0.05) is 30.6 Å². The van der Waals surface area contributed by atoms with Crippen LogP contribution in [0.5, 0.6) is 0 Å². The van der Waals surface area contributed by atoms with Gasteiger partial charge in [-0.25, -0.2) is 26.3 Å². The van der Waals surface area contributed by atoms with E-state index in [9.17, 15) is 30.8 Å². The van der Waals surface area contributed by atoms with Crippen LogP contribution in [0, 0.1) is 23.4 Å². The number of fused-ring (bicyclic) bond motifs is 1. The summed E-state index contributed by atoms with van der Waals surface area (Å²) in [7, 11) is -3.74. The van der Waals surface area contributed by atoms with E-state index in [1.165, 1.54) is 25.1 Å². The summed E-state index contributed by atoms with van der Waals surface area (Å²) in [5, 5.41) is 0. The van der Waals surface area contributed by atoms with Crippen LogP contribution in [0.2, 0.25) is 0 Å². The summed E-state index contributed by atoms with van der Waals surface area (Å²) in [6, 6.07) is 4.21. The van der Waals surface area contributed by atoms with E-state index in [1.54, 1.807) is 0 Å². The van der Waals surface area contributed by atoms with Crippen LogP contribution in [0.15, 0.2) is 36.4 Å². The van der Waals surface area contributed by atoms with Crippen LogP contribution in [0.3, 0.4) is 0 Å². The third-order valence-electron chi connectivity index (χ3n) is 6.38. The summed E-state index contributed by atoms with van der Waals surface area (Å²) in [6.45, 7) is 1.88. The Morgan fingerprint density at radius 1 is 1.15 bits per heavy atom. The van der Waals surface area contributed by atoms with Crippen LogP contribution < -0.4 is 4.72 Å². The molecule has 0 radical (unpaired) electrons. The quantitative estimate of drug-likeness (QED) is 0.585. The lowest BCUT2D eigenvalue weighted by Crippen LogP contribution is -2.54. The Labute approximate surface area is 194 Å². The van der Waals surface area contributed by atoms with Crippen LogP contribution in [0.25, 0.3) is 11.1 Å². The molecule has 0 spiro atoms. The van der Waals surface area contributed by atoms with E-state index in [0.29, 0.717) is 19.4 Å². The maximum absolute atomic E-state index is 15.4. The fourth-order valence-corrected chi connectivity index (χ4v) is 5.63. The number of likely N-dealkylation sites (tertiary alicyclic amines) is 1. The first-order valence-electron chi connectivity index (χ1n) is 10.8. The number of alkyl halides is 2. The zero-order chi connectivity index (χ0) is 25.0. The Morgan fingerprint density at radius 3 is 2.38 bits per heavy atom. The Kier molecular flexibility index (Phi) is 6.22. The minimum Gasteiger partial charge on any atom is -0.329 e. The molecule has 0 bridgehead atoms. The number of hydrogen-bond donors (Lipinski definition) is 1. The van der Waals surface area contributed by atoms with Gasteiger partial charge in [0.25, 0.3) is 5.91 Å². The zero-order valence-corrected chi connectivity index (χ0v) is 19.2. The van der Waals surface area contributed by atoms with E-state index in [-0.39, 0.29) is 34.8 Å². The van der Waals surface area contributed by atoms with Crippen molar-refractivity contribution in [1.82, 2.24) is 9.62 Å². The van der Waals surface area contributed by atoms with Crippen molar-refractivity contribution in [2.24, 2.45) is 5.92 Å². The molecule has 4 atom stereocenters. The van der Waals surface area contributed by atoms with E-state index >= 15 is 4.39 Å². The van der Waals surface area contributed by atoms with Crippen molar-refractivity contribution in [3.8, 4) is 11.1 Å². The van der Waals surface area contributed by atoms with Gasteiger partial charge in [0.1, 0.15) is 17.5 Å². The largest absolute Gasteiger partial charge is 0.329 e. The van der Waals surface area contributed by atoms with Crippen molar-refractivity contribution in [3.63, 3.8) is 0 Å². The molecule has 2 fully saturated rings. The minimum atomic E-state index is -3.74. The van der Waals surface area contributed by atoms with Gasteiger partial charge in [0.05, 0.1) is 11.8 Å². The van der Waals surface area contributed by atoms with Crippen molar-refractivity contribution in [2.75, 3.05) is 5.75 Å². The number of piperidine rings is 1. The minimum absolute atomic E-state index is 0.00591. The van der Waals surface area contributed by atoms with Crippen LogP contribution in [0.1, 0.15) is 25.8 Å². The number of halogens is 5. The van der Waals surface area contributed by atoms with Gasteiger partial charge in [-0.05, 0) is 48.9 Å². The standard InChI is InChI=1S/C23H23F5N2O3S/c1-3-34(32,33)29-21-17-11-18(17)30(22(31)23(2,27)28)19(21)9-12-5-4-6-16(20(12)26)13-7-14(24)10-15(25)8-13/h4-8,10,17-19,21,29H,3,9,11H2,1-2H3/t17-,18+,19+,21+/m1/s1. The molecule has 0 unspecified atom stereocenters. The molecule has 11 heteroatoms. The predicted molar refractivity (Wildman–Crippen MR) is 115 cm³/mol. The van der Waals surface area contributed by atoms with Gasteiger partial charge in [-0.3, -0.25) is 4.79 Å². The van der Waals surface area contributed by atoms with Crippen LogP contribution >= 0.6 is 0 Å². The summed E-state index contributed by atoms with van der Waals surface area (Å²) in [6.07, 6.45) is 0.101. The maximum atomic E-state index is 15.4. The lowest BCUT2D eigenvalue weighted by molar-refractivity contribution is -0.157. The number of benzene rings is 2. The Morgan fingerprint density at radius 2 is 1.79 bits per heavy atom. The summed E-state index contributed by atoms with van der Waals surface area (Å²) >= 11 is 0. The normalized spacial score (nSPS) is 24.3. The molecule has 5 nitrogen and oxygen atoms in total. The molecule has 4 rings (SSSR count). The molecule has 1 amide bonds. The van der Waals surface area contributed by atoms with E-state index in [4.69, 9.17) is 0 Å². The van der Waals surface area contributed by atoms with Gasteiger partial charge in [0.2, 0.25) is 10.0 Å². The molecule has 1 aliphatic carbocycles. The summed E-state index contributed by atoms with van der Waals surface area (Å²) in [4.78, 5) is 13.5. The highest BCUT2D eigenvalue weighted by molar-refractivity contribution is 7.89. The third kappa shape index (κ3) is 4.68. The molecule has 1 heterocycles.